The highest BCUT2D eigenvalue weighted by atomic mass is 35.5. The molecule has 0 bridgehead atoms. The number of piperidine rings is 1. The molecule has 0 aliphatic carbocycles. The third-order valence-electron chi connectivity index (χ3n) is 7.33. The predicted octanol–water partition coefficient (Wildman–Crippen LogP) is 5.19. The summed E-state index contributed by atoms with van der Waals surface area (Å²) in [6, 6.07) is 22.3. The molecule has 3 aromatic carbocycles. The number of benzene rings is 3. The number of aliphatic hydroxyl groups is 1. The minimum atomic E-state index is -1.06. The number of likely N-dealkylation sites (tertiary alicyclic amines) is 1. The van der Waals surface area contributed by atoms with Crippen molar-refractivity contribution in [3.05, 3.63) is 106 Å². The molecule has 0 saturated carbocycles. The first-order valence-corrected chi connectivity index (χ1v) is 12.9. The molecule has 37 heavy (non-hydrogen) atoms. The topological polar surface area (TPSA) is 81.1 Å². The molecule has 2 aliphatic heterocycles. The third-order valence-corrected chi connectivity index (χ3v) is 7.58. The smallest absolute Gasteiger partial charge is 0.323 e. The number of fused-ring (bicyclic) bond motifs is 2. The highest BCUT2D eigenvalue weighted by Crippen LogP contribution is 2.38. The van der Waals surface area contributed by atoms with Crippen molar-refractivity contribution in [1.29, 1.82) is 0 Å². The fourth-order valence-corrected chi connectivity index (χ4v) is 5.47. The number of aliphatic carboxylic acids is 1. The predicted molar refractivity (Wildman–Crippen MR) is 145 cm³/mol. The molecule has 0 atom stereocenters. The number of carboxylic acids is 1. The molecule has 0 aromatic heterocycles. The molecule has 1 amide bonds. The second-order valence-electron chi connectivity index (χ2n) is 9.63. The quantitative estimate of drug-likeness (QED) is 0.471. The Morgan fingerprint density at radius 2 is 1.54 bits per heavy atom. The fraction of sp³-hybridized carbons (Fsp3) is 0.267. The molecular weight excluding hydrogens is 488 g/mol. The van der Waals surface area contributed by atoms with Gasteiger partial charge in [0.15, 0.2) is 0 Å². The summed E-state index contributed by atoms with van der Waals surface area (Å²) in [5, 5.41) is 21.3. The van der Waals surface area contributed by atoms with Gasteiger partial charge in [0.1, 0.15) is 6.54 Å². The van der Waals surface area contributed by atoms with Crippen LogP contribution in [0.15, 0.2) is 78.9 Å². The molecule has 190 valence electrons. The normalized spacial score (nSPS) is 18.3. The van der Waals surface area contributed by atoms with Crippen molar-refractivity contribution in [2.45, 2.75) is 24.9 Å². The maximum absolute atomic E-state index is 13.4. The van der Waals surface area contributed by atoms with Crippen LogP contribution in [0.1, 0.15) is 46.3 Å². The van der Waals surface area contributed by atoms with Crippen LogP contribution in [0, 0.1) is 0 Å². The first-order chi connectivity index (χ1) is 17.9. The minimum Gasteiger partial charge on any atom is -0.480 e. The third kappa shape index (κ3) is 5.18. The Kier molecular flexibility index (Phi) is 7.15. The maximum Gasteiger partial charge on any atom is 0.323 e. The Morgan fingerprint density at radius 1 is 0.919 bits per heavy atom. The van der Waals surface area contributed by atoms with Crippen LogP contribution >= 0.6 is 11.6 Å². The summed E-state index contributed by atoms with van der Waals surface area (Å²) in [4.78, 5) is 28.7. The molecule has 0 radical (unpaired) electrons. The number of halogens is 1. The Bertz CT molecular complexity index is 1340. The van der Waals surface area contributed by atoms with Crippen molar-refractivity contribution in [3.8, 4) is 0 Å². The van der Waals surface area contributed by atoms with E-state index in [0.29, 0.717) is 29.1 Å². The summed E-state index contributed by atoms with van der Waals surface area (Å²) in [7, 11) is 0. The van der Waals surface area contributed by atoms with Gasteiger partial charge in [-0.15, -0.1) is 0 Å². The number of anilines is 1. The lowest BCUT2D eigenvalue weighted by atomic mass is 9.84. The number of carbonyl (C=O) groups excluding carboxylic acids is 1. The summed E-state index contributed by atoms with van der Waals surface area (Å²) in [5.41, 5.74) is 3.75. The second kappa shape index (κ2) is 10.5. The van der Waals surface area contributed by atoms with Gasteiger partial charge in [-0.25, -0.2) is 0 Å². The molecule has 7 heteroatoms. The molecule has 5 rings (SSSR count). The van der Waals surface area contributed by atoms with E-state index in [4.69, 9.17) is 11.6 Å². The highest BCUT2D eigenvalue weighted by Gasteiger charge is 2.34. The highest BCUT2D eigenvalue weighted by molar-refractivity contribution is 6.30. The zero-order valence-corrected chi connectivity index (χ0v) is 21.2. The Labute approximate surface area is 221 Å². The average Bonchev–Trinajstić information content (AvgIpc) is 2.99. The van der Waals surface area contributed by atoms with Gasteiger partial charge in [-0.1, -0.05) is 66.2 Å². The number of amides is 1. The first-order valence-electron chi connectivity index (χ1n) is 12.5. The van der Waals surface area contributed by atoms with E-state index in [1.165, 1.54) is 4.90 Å². The Hall–Kier alpha value is -3.45. The molecule has 6 nitrogen and oxygen atoms in total. The molecular formula is C30H29ClN2O4. The van der Waals surface area contributed by atoms with Crippen molar-refractivity contribution in [3.63, 3.8) is 0 Å². The van der Waals surface area contributed by atoms with E-state index < -0.39 is 18.1 Å². The zero-order valence-electron chi connectivity index (χ0n) is 20.4. The van der Waals surface area contributed by atoms with Crippen LogP contribution in [-0.4, -0.2) is 53.2 Å². The minimum absolute atomic E-state index is 0.314. The lowest BCUT2D eigenvalue weighted by Gasteiger charge is -2.38. The monoisotopic (exact) mass is 516 g/mol. The molecule has 3 aromatic rings. The number of carbonyl (C=O) groups is 2. The van der Waals surface area contributed by atoms with Crippen LogP contribution in [-0.2, 0) is 10.4 Å². The van der Waals surface area contributed by atoms with Crippen LogP contribution in [0.25, 0.3) is 5.57 Å². The van der Waals surface area contributed by atoms with E-state index in [1.54, 1.807) is 18.2 Å². The van der Waals surface area contributed by atoms with Crippen molar-refractivity contribution in [2.75, 3.05) is 31.1 Å². The average molecular weight is 517 g/mol. The molecule has 2 N–H and O–H groups in total. The lowest BCUT2D eigenvalue weighted by Crippen LogP contribution is -2.42. The van der Waals surface area contributed by atoms with E-state index >= 15 is 0 Å². The molecule has 1 saturated heterocycles. The van der Waals surface area contributed by atoms with Gasteiger partial charge in [-0.2, -0.15) is 0 Å². The fourth-order valence-electron chi connectivity index (χ4n) is 5.34. The number of para-hydroxylation sites is 1. The van der Waals surface area contributed by atoms with Gasteiger partial charge in [-0.05, 0) is 60.2 Å². The van der Waals surface area contributed by atoms with E-state index in [2.05, 4.69) is 11.0 Å². The van der Waals surface area contributed by atoms with Gasteiger partial charge in [0.2, 0.25) is 0 Å². The first kappa shape index (κ1) is 25.2. The van der Waals surface area contributed by atoms with Crippen LogP contribution < -0.4 is 4.90 Å². The van der Waals surface area contributed by atoms with Gasteiger partial charge in [0.05, 0.1) is 11.3 Å². The molecule has 2 aliphatic rings. The van der Waals surface area contributed by atoms with Crippen LogP contribution in [0.5, 0.6) is 0 Å². The van der Waals surface area contributed by atoms with Gasteiger partial charge < -0.3 is 15.1 Å². The largest absolute Gasteiger partial charge is 0.480 e. The zero-order chi connectivity index (χ0) is 26.0. The Morgan fingerprint density at radius 3 is 2.22 bits per heavy atom. The summed E-state index contributed by atoms with van der Waals surface area (Å²) in [6.07, 6.45) is 4.20. The van der Waals surface area contributed by atoms with Crippen molar-refractivity contribution < 1.29 is 19.8 Å². The van der Waals surface area contributed by atoms with Gasteiger partial charge in [0.25, 0.3) is 5.91 Å². The SMILES string of the molecule is O=C(O)CN1C(=O)c2ccccc2/C(=C/CCN2CCC(O)(c3ccc(Cl)cc3)CC2)c2ccccc21. The van der Waals surface area contributed by atoms with Crippen LogP contribution in [0.4, 0.5) is 5.69 Å². The maximum atomic E-state index is 13.4. The van der Waals surface area contributed by atoms with E-state index in [9.17, 15) is 19.8 Å². The number of hydrogen-bond donors (Lipinski definition) is 2. The molecule has 1 fully saturated rings. The standard InChI is InChI=1S/C30H29ClN2O4/c31-22-13-11-21(12-14-22)30(37)15-18-32(19-16-30)17-5-9-23-24-6-1-2-8-26(24)29(36)33(20-28(34)35)27-10-4-3-7-25(23)27/h1-4,6-14,37H,5,15-20H2,(H,34,35)/b23-9-. The van der Waals surface area contributed by atoms with Crippen LogP contribution in [0.2, 0.25) is 5.02 Å². The number of rotatable bonds is 6. The van der Waals surface area contributed by atoms with Gasteiger partial charge in [0, 0.05) is 35.8 Å². The van der Waals surface area contributed by atoms with Crippen molar-refractivity contribution in [1.82, 2.24) is 4.90 Å². The van der Waals surface area contributed by atoms with Gasteiger partial charge >= 0.3 is 5.97 Å². The molecule has 2 heterocycles. The van der Waals surface area contributed by atoms with E-state index in [0.717, 1.165) is 48.3 Å². The van der Waals surface area contributed by atoms with Crippen molar-refractivity contribution in [2.24, 2.45) is 0 Å². The van der Waals surface area contributed by atoms with E-state index in [1.807, 2.05) is 54.6 Å². The van der Waals surface area contributed by atoms with Gasteiger partial charge in [-0.3, -0.25) is 14.5 Å². The summed E-state index contributed by atoms with van der Waals surface area (Å²) >= 11 is 6.01. The van der Waals surface area contributed by atoms with Crippen LogP contribution in [0.3, 0.4) is 0 Å². The van der Waals surface area contributed by atoms with Crippen molar-refractivity contribution >= 4 is 34.7 Å². The number of hydrogen-bond acceptors (Lipinski definition) is 4. The van der Waals surface area contributed by atoms with E-state index in [-0.39, 0.29) is 5.91 Å². The molecule has 0 spiro atoms. The number of carboxylic acid groups (broad SMARTS) is 1. The Balaban J connectivity index is 1.36. The molecule has 0 unspecified atom stereocenters. The number of nitrogens with zero attached hydrogens (tertiary/aromatic N) is 2. The second-order valence-corrected chi connectivity index (χ2v) is 10.1. The summed E-state index contributed by atoms with van der Waals surface area (Å²) < 4.78 is 0. The summed E-state index contributed by atoms with van der Waals surface area (Å²) in [6.45, 7) is 1.97. The summed E-state index contributed by atoms with van der Waals surface area (Å²) in [5.74, 6) is -1.37. The lowest BCUT2D eigenvalue weighted by molar-refractivity contribution is -0.135.